The summed E-state index contributed by atoms with van der Waals surface area (Å²) in [6.07, 6.45) is 5.32. The van der Waals surface area contributed by atoms with Gasteiger partial charge in [-0.3, -0.25) is 0 Å². The van der Waals surface area contributed by atoms with E-state index in [9.17, 15) is 4.79 Å². The molecule has 0 spiro atoms. The van der Waals surface area contributed by atoms with Crippen LogP contribution in [0.2, 0.25) is 5.02 Å². The van der Waals surface area contributed by atoms with Crippen molar-refractivity contribution in [3.05, 3.63) is 40.4 Å². The minimum Gasteiger partial charge on any atom is -0.450 e. The molecular formula is C17H20ClNO2. The molecule has 2 atom stereocenters. The minimum absolute atomic E-state index is 0.155. The van der Waals surface area contributed by atoms with Crippen LogP contribution in [0.4, 0.5) is 4.79 Å². The number of benzene rings is 1. The summed E-state index contributed by atoms with van der Waals surface area (Å²) in [5, 5.41) is 0.760. The molecule has 2 aliphatic heterocycles. The number of carbonyl (C=O) groups excluding carboxylic acids is 1. The molecule has 3 nitrogen and oxygen atoms in total. The van der Waals surface area contributed by atoms with Gasteiger partial charge in [-0.05, 0) is 49.8 Å². The Morgan fingerprint density at radius 2 is 2.14 bits per heavy atom. The fourth-order valence-electron chi connectivity index (χ4n) is 3.36. The maximum atomic E-state index is 12.0. The van der Waals surface area contributed by atoms with E-state index in [0.29, 0.717) is 18.6 Å². The second-order valence-electron chi connectivity index (χ2n) is 5.75. The molecule has 0 aromatic heterocycles. The molecule has 2 bridgehead atoms. The number of hydrogen-bond donors (Lipinski definition) is 0. The van der Waals surface area contributed by atoms with Crippen molar-refractivity contribution in [3.63, 3.8) is 0 Å². The fraction of sp³-hybridized carbons (Fsp3) is 0.471. The third kappa shape index (κ3) is 3.08. The largest absolute Gasteiger partial charge is 0.450 e. The Morgan fingerprint density at radius 3 is 2.76 bits per heavy atom. The molecule has 2 saturated heterocycles. The zero-order valence-electron chi connectivity index (χ0n) is 12.2. The zero-order chi connectivity index (χ0) is 14.8. The number of rotatable bonds is 2. The highest BCUT2D eigenvalue weighted by Gasteiger charge is 2.39. The summed E-state index contributed by atoms with van der Waals surface area (Å²) in [6, 6.07) is 8.22. The number of ether oxygens (including phenoxy) is 1. The van der Waals surface area contributed by atoms with Crippen LogP contribution >= 0.6 is 11.6 Å². The molecule has 1 saturated carbocycles. The maximum Gasteiger partial charge on any atom is 0.410 e. The van der Waals surface area contributed by atoms with Gasteiger partial charge in [0.2, 0.25) is 0 Å². The van der Waals surface area contributed by atoms with E-state index in [1.54, 1.807) is 0 Å². The summed E-state index contributed by atoms with van der Waals surface area (Å²) in [5.74, 6) is 0.468. The summed E-state index contributed by atoms with van der Waals surface area (Å²) in [5.41, 5.74) is 2.64. The van der Waals surface area contributed by atoms with E-state index in [0.717, 1.165) is 24.4 Å². The second kappa shape index (κ2) is 6.10. The van der Waals surface area contributed by atoms with E-state index in [1.807, 2.05) is 36.1 Å². The highest BCUT2D eigenvalue weighted by Crippen LogP contribution is 2.40. The highest BCUT2D eigenvalue weighted by molar-refractivity contribution is 6.30. The number of carbonyl (C=O) groups is 1. The lowest BCUT2D eigenvalue weighted by Crippen LogP contribution is -2.51. The summed E-state index contributed by atoms with van der Waals surface area (Å²) >= 11 is 5.92. The number of fused-ring (bicyclic) bond motifs is 3. The lowest BCUT2D eigenvalue weighted by Gasteiger charge is -2.46. The second-order valence-corrected chi connectivity index (χ2v) is 6.19. The van der Waals surface area contributed by atoms with Crippen molar-refractivity contribution in [2.75, 3.05) is 13.2 Å². The normalized spacial score (nSPS) is 26.2. The van der Waals surface area contributed by atoms with Crippen LogP contribution in [0.1, 0.15) is 31.7 Å². The first kappa shape index (κ1) is 14.5. The van der Waals surface area contributed by atoms with Crippen molar-refractivity contribution >= 4 is 23.8 Å². The third-order valence-electron chi connectivity index (χ3n) is 4.43. The smallest absolute Gasteiger partial charge is 0.410 e. The molecule has 0 N–H and O–H groups in total. The van der Waals surface area contributed by atoms with Crippen LogP contribution in [-0.2, 0) is 4.74 Å². The molecule has 1 amide bonds. The molecule has 3 fully saturated rings. The topological polar surface area (TPSA) is 29.5 Å². The average molecular weight is 306 g/mol. The quantitative estimate of drug-likeness (QED) is 0.812. The van der Waals surface area contributed by atoms with Crippen molar-refractivity contribution in [2.24, 2.45) is 5.92 Å². The van der Waals surface area contributed by atoms with Crippen molar-refractivity contribution < 1.29 is 9.53 Å². The van der Waals surface area contributed by atoms with Crippen LogP contribution in [0.3, 0.4) is 0 Å². The van der Waals surface area contributed by atoms with Gasteiger partial charge in [0.25, 0.3) is 0 Å². The van der Waals surface area contributed by atoms with Crippen molar-refractivity contribution in [1.29, 1.82) is 0 Å². The van der Waals surface area contributed by atoms with Gasteiger partial charge in [0, 0.05) is 17.6 Å². The van der Waals surface area contributed by atoms with E-state index in [-0.39, 0.29) is 6.09 Å². The van der Waals surface area contributed by atoms with Gasteiger partial charge in [0.15, 0.2) is 0 Å². The predicted molar refractivity (Wildman–Crippen MR) is 84.3 cm³/mol. The Bertz CT molecular complexity index is 552. The highest BCUT2D eigenvalue weighted by atomic mass is 35.5. The molecular weight excluding hydrogens is 286 g/mol. The van der Waals surface area contributed by atoms with Crippen LogP contribution in [0.15, 0.2) is 29.8 Å². The molecule has 1 aromatic carbocycles. The molecule has 1 aromatic rings. The molecule has 21 heavy (non-hydrogen) atoms. The number of piperidine rings is 2. The first-order valence-corrected chi connectivity index (χ1v) is 7.94. The van der Waals surface area contributed by atoms with Crippen molar-refractivity contribution in [1.82, 2.24) is 4.90 Å². The maximum absolute atomic E-state index is 12.0. The first-order chi connectivity index (χ1) is 10.2. The summed E-state index contributed by atoms with van der Waals surface area (Å²) < 4.78 is 5.15. The molecule has 2 unspecified atom stereocenters. The van der Waals surface area contributed by atoms with Gasteiger partial charge in [-0.1, -0.05) is 35.4 Å². The average Bonchev–Trinajstić information content (AvgIpc) is 2.50. The van der Waals surface area contributed by atoms with Crippen LogP contribution in [0, 0.1) is 5.92 Å². The van der Waals surface area contributed by atoms with Gasteiger partial charge in [-0.25, -0.2) is 4.79 Å². The summed E-state index contributed by atoms with van der Waals surface area (Å²) in [7, 11) is 0. The Kier molecular flexibility index (Phi) is 4.20. The Hall–Kier alpha value is -1.48. The number of hydrogen-bond acceptors (Lipinski definition) is 2. The molecule has 4 heteroatoms. The van der Waals surface area contributed by atoms with E-state index in [2.05, 4.69) is 6.08 Å². The zero-order valence-corrected chi connectivity index (χ0v) is 13.0. The third-order valence-corrected chi connectivity index (χ3v) is 4.68. The standard InChI is InChI=1S/C17H20ClNO2/c1-2-21-17(20)19-11-13-5-8-16(19)10-14(13)9-12-3-6-15(18)7-4-12/h3-4,6-7,9,13,16H,2,5,8,10-11H2,1H3. The molecule has 1 aliphatic carbocycles. The van der Waals surface area contributed by atoms with Gasteiger partial charge < -0.3 is 9.64 Å². The number of amides is 1. The van der Waals surface area contributed by atoms with E-state index >= 15 is 0 Å². The molecule has 4 rings (SSSR count). The van der Waals surface area contributed by atoms with E-state index in [1.165, 1.54) is 17.6 Å². The SMILES string of the molecule is CCOC(=O)N1CC2CCC1CC2=Cc1ccc(Cl)cc1. The van der Waals surface area contributed by atoms with E-state index in [4.69, 9.17) is 16.3 Å². The minimum atomic E-state index is -0.155. The van der Waals surface area contributed by atoms with Crippen molar-refractivity contribution in [3.8, 4) is 0 Å². The van der Waals surface area contributed by atoms with Crippen LogP contribution in [-0.4, -0.2) is 30.2 Å². The van der Waals surface area contributed by atoms with Crippen LogP contribution < -0.4 is 0 Å². The van der Waals surface area contributed by atoms with Crippen molar-refractivity contribution in [2.45, 2.75) is 32.2 Å². The Morgan fingerprint density at radius 1 is 1.38 bits per heavy atom. The van der Waals surface area contributed by atoms with Crippen LogP contribution in [0.25, 0.3) is 6.08 Å². The summed E-state index contributed by atoms with van der Waals surface area (Å²) in [4.78, 5) is 13.9. The van der Waals surface area contributed by atoms with E-state index < -0.39 is 0 Å². The fourth-order valence-corrected chi connectivity index (χ4v) is 3.49. The Balaban J connectivity index is 1.74. The first-order valence-electron chi connectivity index (χ1n) is 7.56. The molecule has 0 radical (unpaired) electrons. The molecule has 3 aliphatic rings. The Labute approximate surface area is 130 Å². The lowest BCUT2D eigenvalue weighted by molar-refractivity contribution is 0.0518. The molecule has 2 heterocycles. The molecule has 112 valence electrons. The van der Waals surface area contributed by atoms with Gasteiger partial charge >= 0.3 is 6.09 Å². The van der Waals surface area contributed by atoms with Gasteiger partial charge in [-0.15, -0.1) is 0 Å². The summed E-state index contributed by atoms with van der Waals surface area (Å²) in [6.45, 7) is 3.09. The lowest BCUT2D eigenvalue weighted by atomic mass is 9.75. The van der Waals surface area contributed by atoms with Gasteiger partial charge in [0.1, 0.15) is 0 Å². The predicted octanol–water partition coefficient (Wildman–Crippen LogP) is 4.36. The number of halogens is 1. The number of nitrogens with zero attached hydrogens (tertiary/aromatic N) is 1. The van der Waals surface area contributed by atoms with Gasteiger partial charge in [0.05, 0.1) is 6.61 Å². The monoisotopic (exact) mass is 305 g/mol. The van der Waals surface area contributed by atoms with Crippen LogP contribution in [0.5, 0.6) is 0 Å². The van der Waals surface area contributed by atoms with Gasteiger partial charge in [-0.2, -0.15) is 0 Å².